The highest BCUT2D eigenvalue weighted by molar-refractivity contribution is 6.18. The van der Waals surface area contributed by atoms with Crippen LogP contribution in [-0.2, 0) is 6.42 Å². The lowest BCUT2D eigenvalue weighted by atomic mass is 10.1. The minimum atomic E-state index is 0.633. The summed E-state index contributed by atoms with van der Waals surface area (Å²) in [6.07, 6.45) is 2.23. The van der Waals surface area contributed by atoms with Crippen LogP contribution in [0.5, 0.6) is 5.75 Å². The molecule has 0 fully saturated rings. The molecule has 0 aromatic heterocycles. The number of benzene rings is 1. The molecule has 1 aromatic rings. The van der Waals surface area contributed by atoms with Crippen LogP contribution in [0, 0.1) is 0 Å². The Labute approximate surface area is 89.2 Å². The second-order valence-electron chi connectivity index (χ2n) is 3.39. The molecule has 0 atom stereocenters. The number of nitrogens with one attached hydrogen (secondary N) is 1. The summed E-state index contributed by atoms with van der Waals surface area (Å²) in [7, 11) is 0. The molecule has 1 aromatic carbocycles. The average molecular weight is 212 g/mol. The number of alkyl halides is 1. The summed E-state index contributed by atoms with van der Waals surface area (Å²) in [6.45, 7) is 1.66. The first-order valence-corrected chi connectivity index (χ1v) is 5.49. The van der Waals surface area contributed by atoms with Crippen molar-refractivity contribution < 1.29 is 4.74 Å². The minimum absolute atomic E-state index is 0.633. The maximum Gasteiger partial charge on any atom is 0.122 e. The third kappa shape index (κ3) is 2.13. The van der Waals surface area contributed by atoms with Crippen molar-refractivity contribution in [3.05, 3.63) is 23.8 Å². The van der Waals surface area contributed by atoms with Crippen LogP contribution in [0.1, 0.15) is 12.0 Å². The van der Waals surface area contributed by atoms with Gasteiger partial charge in [0, 0.05) is 18.1 Å². The summed E-state index contributed by atoms with van der Waals surface area (Å²) < 4.78 is 5.53. The number of rotatable bonds is 3. The topological polar surface area (TPSA) is 21.3 Å². The van der Waals surface area contributed by atoms with Crippen molar-refractivity contribution in [2.75, 3.05) is 24.3 Å². The molecule has 0 radical (unpaired) electrons. The van der Waals surface area contributed by atoms with E-state index in [9.17, 15) is 0 Å². The molecule has 3 heteroatoms. The first kappa shape index (κ1) is 9.66. The summed E-state index contributed by atoms with van der Waals surface area (Å²) in [5, 5.41) is 3.26. The van der Waals surface area contributed by atoms with Crippen LogP contribution in [0.2, 0.25) is 0 Å². The van der Waals surface area contributed by atoms with Gasteiger partial charge in [-0.05, 0) is 36.6 Å². The van der Waals surface area contributed by atoms with Crippen molar-refractivity contribution in [1.82, 2.24) is 0 Å². The molecule has 2 rings (SSSR count). The Bertz CT molecular complexity index is 314. The second kappa shape index (κ2) is 4.56. The molecular formula is C11H14ClNO. The van der Waals surface area contributed by atoms with Crippen molar-refractivity contribution in [2.24, 2.45) is 0 Å². The van der Waals surface area contributed by atoms with Crippen molar-refractivity contribution in [3.63, 3.8) is 0 Å². The Kier molecular flexibility index (Phi) is 3.14. The number of aryl methyl sites for hydroxylation is 1. The molecule has 0 bridgehead atoms. The lowest BCUT2D eigenvalue weighted by Crippen LogP contribution is -2.09. The van der Waals surface area contributed by atoms with E-state index in [0.717, 1.165) is 37.4 Å². The average Bonchev–Trinajstić information content (AvgIpc) is 2.26. The second-order valence-corrected chi connectivity index (χ2v) is 3.77. The monoisotopic (exact) mass is 211 g/mol. The summed E-state index contributed by atoms with van der Waals surface area (Å²) in [5.74, 6) is 1.67. The van der Waals surface area contributed by atoms with Crippen LogP contribution in [-0.4, -0.2) is 19.0 Å². The van der Waals surface area contributed by atoms with Gasteiger partial charge in [0.2, 0.25) is 0 Å². The van der Waals surface area contributed by atoms with Crippen molar-refractivity contribution in [1.29, 1.82) is 0 Å². The van der Waals surface area contributed by atoms with Crippen LogP contribution < -0.4 is 10.1 Å². The fraction of sp³-hybridized carbons (Fsp3) is 0.455. The highest BCUT2D eigenvalue weighted by atomic mass is 35.5. The molecule has 1 heterocycles. The van der Waals surface area contributed by atoms with E-state index in [1.165, 1.54) is 5.56 Å². The van der Waals surface area contributed by atoms with Gasteiger partial charge in [-0.15, -0.1) is 11.6 Å². The van der Waals surface area contributed by atoms with Gasteiger partial charge in [-0.3, -0.25) is 0 Å². The summed E-state index contributed by atoms with van der Waals surface area (Å²) >= 11 is 5.61. The number of halogens is 1. The van der Waals surface area contributed by atoms with Gasteiger partial charge in [0.15, 0.2) is 0 Å². The number of anilines is 1. The molecule has 76 valence electrons. The van der Waals surface area contributed by atoms with Crippen LogP contribution in [0.15, 0.2) is 18.2 Å². The van der Waals surface area contributed by atoms with Gasteiger partial charge in [0.05, 0.1) is 6.61 Å². The molecule has 1 aliphatic heterocycles. The minimum Gasteiger partial charge on any atom is -0.493 e. The smallest absolute Gasteiger partial charge is 0.122 e. The number of hydrogen-bond acceptors (Lipinski definition) is 2. The van der Waals surface area contributed by atoms with Gasteiger partial charge in [0.1, 0.15) is 5.75 Å². The molecule has 0 spiro atoms. The summed E-state index contributed by atoms with van der Waals surface area (Å²) in [4.78, 5) is 0. The third-order valence-corrected chi connectivity index (χ3v) is 2.52. The molecule has 14 heavy (non-hydrogen) atoms. The fourth-order valence-electron chi connectivity index (χ4n) is 1.66. The highest BCUT2D eigenvalue weighted by Gasteiger charge is 2.09. The molecule has 1 N–H and O–H groups in total. The van der Waals surface area contributed by atoms with E-state index in [2.05, 4.69) is 11.4 Å². The molecule has 0 saturated heterocycles. The molecule has 1 aliphatic rings. The number of hydrogen-bond donors (Lipinski definition) is 1. The van der Waals surface area contributed by atoms with Gasteiger partial charge in [-0.2, -0.15) is 0 Å². The van der Waals surface area contributed by atoms with Gasteiger partial charge in [0.25, 0.3) is 0 Å². The zero-order valence-corrected chi connectivity index (χ0v) is 8.81. The van der Waals surface area contributed by atoms with Crippen molar-refractivity contribution in [3.8, 4) is 5.75 Å². The Morgan fingerprint density at radius 1 is 1.43 bits per heavy atom. The van der Waals surface area contributed by atoms with Gasteiger partial charge in [-0.1, -0.05) is 0 Å². The summed E-state index contributed by atoms with van der Waals surface area (Å²) in [6, 6.07) is 6.23. The Morgan fingerprint density at radius 2 is 2.36 bits per heavy atom. The number of ether oxygens (including phenoxy) is 1. The first-order valence-electron chi connectivity index (χ1n) is 4.96. The van der Waals surface area contributed by atoms with Gasteiger partial charge in [-0.25, -0.2) is 0 Å². The van der Waals surface area contributed by atoms with E-state index in [-0.39, 0.29) is 0 Å². The molecule has 0 amide bonds. The predicted octanol–water partition coefficient (Wildman–Crippen LogP) is 2.66. The number of fused-ring (bicyclic) bond motifs is 1. The van der Waals surface area contributed by atoms with E-state index < -0.39 is 0 Å². The summed E-state index contributed by atoms with van der Waals surface area (Å²) in [5.41, 5.74) is 2.44. The van der Waals surface area contributed by atoms with E-state index in [4.69, 9.17) is 16.3 Å². The quantitative estimate of drug-likeness (QED) is 0.777. The van der Waals surface area contributed by atoms with Crippen LogP contribution in [0.4, 0.5) is 5.69 Å². The zero-order valence-electron chi connectivity index (χ0n) is 8.05. The largest absolute Gasteiger partial charge is 0.493 e. The SMILES string of the molecule is ClCCNc1ccc2c(c1)CCCO2. The fourth-order valence-corrected chi connectivity index (χ4v) is 1.76. The van der Waals surface area contributed by atoms with Crippen LogP contribution >= 0.6 is 11.6 Å². The first-order chi connectivity index (χ1) is 6.90. The molecule has 2 nitrogen and oxygen atoms in total. The maximum atomic E-state index is 5.61. The van der Waals surface area contributed by atoms with Crippen molar-refractivity contribution in [2.45, 2.75) is 12.8 Å². The predicted molar refractivity (Wildman–Crippen MR) is 59.5 cm³/mol. The lowest BCUT2D eigenvalue weighted by Gasteiger charge is -2.18. The van der Waals surface area contributed by atoms with E-state index in [1.54, 1.807) is 0 Å². The molecule has 0 unspecified atom stereocenters. The van der Waals surface area contributed by atoms with Gasteiger partial charge < -0.3 is 10.1 Å². The third-order valence-electron chi connectivity index (χ3n) is 2.33. The Morgan fingerprint density at radius 3 is 3.21 bits per heavy atom. The highest BCUT2D eigenvalue weighted by Crippen LogP contribution is 2.27. The van der Waals surface area contributed by atoms with E-state index >= 15 is 0 Å². The molecular weight excluding hydrogens is 198 g/mol. The van der Waals surface area contributed by atoms with Crippen LogP contribution in [0.3, 0.4) is 0 Å². The van der Waals surface area contributed by atoms with E-state index in [0.29, 0.717) is 5.88 Å². The van der Waals surface area contributed by atoms with E-state index in [1.807, 2.05) is 12.1 Å². The Hall–Kier alpha value is -0.890. The standard InChI is InChI=1S/C11H14ClNO/c12-5-6-13-10-3-4-11-9(8-10)2-1-7-14-11/h3-4,8,13H,1-2,5-7H2. The van der Waals surface area contributed by atoms with Crippen molar-refractivity contribution >= 4 is 17.3 Å². The van der Waals surface area contributed by atoms with Gasteiger partial charge >= 0.3 is 0 Å². The zero-order chi connectivity index (χ0) is 9.80. The Balaban J connectivity index is 2.12. The van der Waals surface area contributed by atoms with Crippen LogP contribution in [0.25, 0.3) is 0 Å². The lowest BCUT2D eigenvalue weighted by molar-refractivity contribution is 0.288. The molecule has 0 aliphatic carbocycles. The maximum absolute atomic E-state index is 5.61. The normalized spacial score (nSPS) is 14.4. The molecule has 0 saturated carbocycles.